The predicted octanol–water partition coefficient (Wildman–Crippen LogP) is 5.79. The smallest absolute Gasteiger partial charge is 0.305 e. The molecule has 9 nitrogen and oxygen atoms in total. The van der Waals surface area contributed by atoms with E-state index in [-0.39, 0.29) is 64.0 Å². The van der Waals surface area contributed by atoms with Crippen LogP contribution in [0, 0.1) is 29.6 Å². The first-order valence-electron chi connectivity index (χ1n) is 15.0. The van der Waals surface area contributed by atoms with Crippen LogP contribution < -0.4 is 24.6 Å². The van der Waals surface area contributed by atoms with Crippen LogP contribution >= 0.6 is 34.7 Å². The molecule has 3 heterocycles. The van der Waals surface area contributed by atoms with Crippen molar-refractivity contribution in [2.24, 2.45) is 29.6 Å². The zero-order valence-electron chi connectivity index (χ0n) is 24.5. The average molecular weight is 674 g/mol. The van der Waals surface area contributed by atoms with Crippen molar-refractivity contribution in [1.29, 1.82) is 0 Å². The number of carbonyl (C=O) groups excluding carboxylic acids is 3. The minimum Gasteiger partial charge on any atom is -0.493 e. The maximum Gasteiger partial charge on any atom is 0.305 e. The third-order valence-electron chi connectivity index (χ3n) is 9.77. The summed E-state index contributed by atoms with van der Waals surface area (Å²) in [5.74, 6) is -0.697. The number of benzene rings is 3. The first kappa shape index (κ1) is 29.3. The van der Waals surface area contributed by atoms with Crippen molar-refractivity contribution < 1.29 is 23.9 Å². The summed E-state index contributed by atoms with van der Waals surface area (Å²) in [5, 5.41) is 4.23. The number of aromatic amines is 1. The number of H-pyrrole nitrogens is 1. The van der Waals surface area contributed by atoms with Gasteiger partial charge in [-0.1, -0.05) is 47.2 Å². The molecule has 4 aliphatic rings. The molecule has 2 saturated carbocycles. The van der Waals surface area contributed by atoms with E-state index in [9.17, 15) is 19.2 Å². The fraction of sp³-hybridized carbons (Fsp3) is 0.294. The number of fused-ring (bicyclic) bond motifs is 9. The second-order valence-electron chi connectivity index (χ2n) is 12.1. The Balaban J connectivity index is 1.10. The van der Waals surface area contributed by atoms with Crippen molar-refractivity contribution in [1.82, 2.24) is 4.98 Å². The van der Waals surface area contributed by atoms with E-state index in [0.29, 0.717) is 27.9 Å². The molecule has 3 fully saturated rings. The molecule has 0 radical (unpaired) electrons. The first-order valence-corrected chi connectivity index (χ1v) is 17.1. The summed E-state index contributed by atoms with van der Waals surface area (Å²) in [7, 11) is 1.55. The summed E-state index contributed by atoms with van der Waals surface area (Å²) in [6.45, 7) is -0.202. The SMILES string of the molecule is COc1cc([C@H]2c3sc(=O)[nH]c3SC3C4CC(C5C(=O)N(c6ccc(Cl)cc6)C(=O)C45)C32)ccc1OCC(=O)Nc1ccccc1. The van der Waals surface area contributed by atoms with E-state index < -0.39 is 5.92 Å². The highest BCUT2D eigenvalue weighted by atomic mass is 35.5. The molecule has 1 saturated heterocycles. The van der Waals surface area contributed by atoms with Crippen molar-refractivity contribution in [3.05, 3.63) is 97.9 Å². The quantitative estimate of drug-likeness (QED) is 0.238. The van der Waals surface area contributed by atoms with Gasteiger partial charge in [0.1, 0.15) is 0 Å². The third kappa shape index (κ3) is 4.66. The summed E-state index contributed by atoms with van der Waals surface area (Å²) in [6.07, 6.45) is 0.786. The van der Waals surface area contributed by atoms with E-state index in [1.54, 1.807) is 61.3 Å². The molecule has 3 amide bonds. The molecule has 4 aromatic rings. The van der Waals surface area contributed by atoms with Gasteiger partial charge in [0.25, 0.3) is 5.91 Å². The summed E-state index contributed by atoms with van der Waals surface area (Å²) >= 11 is 8.92. The van der Waals surface area contributed by atoms with Gasteiger partial charge in [-0.25, -0.2) is 0 Å². The van der Waals surface area contributed by atoms with E-state index in [2.05, 4.69) is 10.3 Å². The predicted molar refractivity (Wildman–Crippen MR) is 176 cm³/mol. The zero-order chi connectivity index (χ0) is 31.7. The molecule has 2 aliphatic carbocycles. The van der Waals surface area contributed by atoms with Crippen molar-refractivity contribution in [3.63, 3.8) is 0 Å². The number of aromatic nitrogens is 1. The van der Waals surface area contributed by atoms with E-state index >= 15 is 0 Å². The van der Waals surface area contributed by atoms with E-state index in [4.69, 9.17) is 21.1 Å². The standard InChI is InChI=1S/C34H28ClN3O6S2/c1-43-23-13-16(7-12-22(23)44-15-24(39)36-18-5-3-2-4-6-18)25-26-20-14-21(29(26)45-31-30(25)46-34(42)37-31)28-27(20)32(40)38(33(28)41)19-10-8-17(35)9-11-19/h2-13,20-21,25-29H,14-15H2,1H3,(H,36,39)(H,37,42)/t20?,21?,25-,26?,27?,28?,29?/m1/s1. The number of halogens is 1. The minimum atomic E-state index is -0.414. The molecule has 7 atom stereocenters. The molecule has 2 aliphatic heterocycles. The Hall–Kier alpha value is -4.06. The number of hydrogen-bond donors (Lipinski definition) is 2. The summed E-state index contributed by atoms with van der Waals surface area (Å²) in [5.41, 5.74) is 2.15. The maximum absolute atomic E-state index is 14.0. The number of anilines is 2. The van der Waals surface area contributed by atoms with Crippen molar-refractivity contribution >= 4 is 63.8 Å². The lowest BCUT2D eigenvalue weighted by Crippen LogP contribution is -2.42. The highest BCUT2D eigenvalue weighted by molar-refractivity contribution is 8.00. The van der Waals surface area contributed by atoms with Crippen molar-refractivity contribution in [2.75, 3.05) is 23.9 Å². The number of ether oxygens (including phenoxy) is 2. The second kappa shape index (κ2) is 11.3. The lowest BCUT2D eigenvalue weighted by atomic mass is 9.68. The lowest BCUT2D eigenvalue weighted by molar-refractivity contribution is -0.123. The van der Waals surface area contributed by atoms with Gasteiger partial charge in [0.05, 0.1) is 29.7 Å². The van der Waals surface area contributed by atoms with Crippen LogP contribution in [0.25, 0.3) is 0 Å². The van der Waals surface area contributed by atoms with Gasteiger partial charge in [-0.3, -0.25) is 24.1 Å². The highest BCUT2D eigenvalue weighted by Gasteiger charge is 2.69. The van der Waals surface area contributed by atoms with Gasteiger partial charge in [0, 0.05) is 26.8 Å². The van der Waals surface area contributed by atoms with Gasteiger partial charge in [-0.05, 0) is 78.3 Å². The van der Waals surface area contributed by atoms with Crippen LogP contribution in [0.15, 0.2) is 82.6 Å². The van der Waals surface area contributed by atoms with Crippen LogP contribution in [0.2, 0.25) is 5.02 Å². The molecule has 6 unspecified atom stereocenters. The van der Waals surface area contributed by atoms with E-state index in [0.717, 1.165) is 21.9 Å². The largest absolute Gasteiger partial charge is 0.493 e. The van der Waals surface area contributed by atoms with Gasteiger partial charge >= 0.3 is 4.87 Å². The number of carbonyl (C=O) groups is 3. The molecular weight excluding hydrogens is 646 g/mol. The van der Waals surface area contributed by atoms with E-state index in [1.807, 2.05) is 30.3 Å². The van der Waals surface area contributed by atoms with Crippen LogP contribution in [0.4, 0.5) is 11.4 Å². The number of nitrogens with one attached hydrogen (secondary N) is 2. The van der Waals surface area contributed by atoms with E-state index in [1.165, 1.54) is 16.2 Å². The molecule has 3 aromatic carbocycles. The fourth-order valence-electron chi connectivity index (χ4n) is 8.09. The topological polar surface area (TPSA) is 118 Å². The molecule has 2 bridgehead atoms. The maximum atomic E-state index is 14.0. The molecule has 234 valence electrons. The number of imide groups is 1. The van der Waals surface area contributed by atoms with Gasteiger partial charge in [-0.15, -0.1) is 11.8 Å². The number of methoxy groups -OCH3 is 1. The molecule has 8 rings (SSSR count). The Morgan fingerprint density at radius 2 is 1.72 bits per heavy atom. The number of thioether (sulfide) groups is 1. The highest BCUT2D eigenvalue weighted by Crippen LogP contribution is 2.68. The Bertz CT molecular complexity index is 1930. The molecule has 2 N–H and O–H groups in total. The molecule has 46 heavy (non-hydrogen) atoms. The Labute approximate surface area is 277 Å². The average Bonchev–Trinajstić information content (AvgIpc) is 3.80. The summed E-state index contributed by atoms with van der Waals surface area (Å²) in [4.78, 5) is 58.2. The molecular formula is C34H28ClN3O6S2. The van der Waals surface area contributed by atoms with Crippen LogP contribution in [0.1, 0.15) is 22.8 Å². The number of thiazole rings is 1. The van der Waals surface area contributed by atoms with Gasteiger partial charge in [-0.2, -0.15) is 0 Å². The molecule has 1 aromatic heterocycles. The first-order chi connectivity index (χ1) is 22.3. The zero-order valence-corrected chi connectivity index (χ0v) is 26.9. The number of amides is 3. The van der Waals surface area contributed by atoms with Gasteiger partial charge < -0.3 is 19.8 Å². The Morgan fingerprint density at radius 3 is 2.46 bits per heavy atom. The van der Waals surface area contributed by atoms with Crippen LogP contribution in [-0.4, -0.2) is 41.7 Å². The second-order valence-corrected chi connectivity index (χ2v) is 14.7. The summed E-state index contributed by atoms with van der Waals surface area (Å²) in [6, 6.07) is 21.6. The number of hydrogen-bond acceptors (Lipinski definition) is 8. The van der Waals surface area contributed by atoms with Gasteiger partial charge in [0.15, 0.2) is 18.1 Å². The molecule has 0 spiro atoms. The third-order valence-corrected chi connectivity index (χ3v) is 12.6. The number of para-hydroxylation sites is 1. The fourth-order valence-corrected chi connectivity index (χ4v) is 11.1. The number of nitrogens with zero attached hydrogens (tertiary/aromatic N) is 1. The minimum absolute atomic E-state index is 0.00503. The molecule has 12 heteroatoms. The van der Waals surface area contributed by atoms with Crippen molar-refractivity contribution in [3.8, 4) is 11.5 Å². The van der Waals surface area contributed by atoms with Crippen LogP contribution in [0.5, 0.6) is 11.5 Å². The monoisotopic (exact) mass is 673 g/mol. The van der Waals surface area contributed by atoms with Crippen LogP contribution in [-0.2, 0) is 14.4 Å². The summed E-state index contributed by atoms with van der Waals surface area (Å²) < 4.78 is 11.6. The van der Waals surface area contributed by atoms with Gasteiger partial charge in [0.2, 0.25) is 11.8 Å². The Morgan fingerprint density at radius 1 is 0.978 bits per heavy atom. The number of rotatable bonds is 7. The normalized spacial score (nSPS) is 27.3. The van der Waals surface area contributed by atoms with Crippen LogP contribution in [0.3, 0.4) is 0 Å². The van der Waals surface area contributed by atoms with Crippen molar-refractivity contribution in [2.45, 2.75) is 22.6 Å². The lowest BCUT2D eigenvalue weighted by Gasteiger charge is -2.43. The Kier molecular flexibility index (Phi) is 7.23.